The summed E-state index contributed by atoms with van der Waals surface area (Å²) in [4.78, 5) is 2.99. The van der Waals surface area contributed by atoms with Gasteiger partial charge < -0.3 is 5.32 Å². The highest BCUT2D eigenvalue weighted by atomic mass is 79.9. The summed E-state index contributed by atoms with van der Waals surface area (Å²) >= 11 is 5.58. The Hall–Kier alpha value is 0.140. The van der Waals surface area contributed by atoms with Crippen LogP contribution in [0.3, 0.4) is 0 Å². The molecule has 1 fully saturated rings. The predicted molar refractivity (Wildman–Crippen MR) is 66.0 cm³/mol. The summed E-state index contributed by atoms with van der Waals surface area (Å²) in [6.07, 6.45) is 5.15. The van der Waals surface area contributed by atoms with E-state index in [0.717, 1.165) is 6.42 Å². The first-order valence-corrected chi connectivity index (χ1v) is 6.93. The summed E-state index contributed by atoms with van der Waals surface area (Å²) < 4.78 is 1.30. The molecule has 0 saturated carbocycles. The second-order valence-corrected chi connectivity index (χ2v) is 5.80. The molecule has 3 heteroatoms. The molecule has 0 amide bonds. The van der Waals surface area contributed by atoms with E-state index in [2.05, 4.69) is 34.2 Å². The summed E-state index contributed by atoms with van der Waals surface area (Å²) in [7, 11) is 0. The second kappa shape index (κ2) is 4.77. The minimum Gasteiger partial charge on any atom is -0.309 e. The Bertz CT molecular complexity index is 302. The highest BCUT2D eigenvalue weighted by molar-refractivity contribution is 9.10. The highest BCUT2D eigenvalue weighted by Crippen LogP contribution is 2.34. The van der Waals surface area contributed by atoms with E-state index in [9.17, 15) is 0 Å². The molecule has 1 atom stereocenters. The lowest BCUT2D eigenvalue weighted by Crippen LogP contribution is -2.25. The molecule has 2 heterocycles. The first kappa shape index (κ1) is 10.7. The van der Waals surface area contributed by atoms with Crippen molar-refractivity contribution in [1.82, 2.24) is 5.32 Å². The van der Waals surface area contributed by atoms with Crippen LogP contribution in [0.2, 0.25) is 0 Å². The largest absolute Gasteiger partial charge is 0.309 e. The van der Waals surface area contributed by atoms with Crippen LogP contribution >= 0.6 is 27.3 Å². The molecule has 78 valence electrons. The molecule has 1 nitrogen and oxygen atoms in total. The minimum atomic E-state index is 0.616. The van der Waals surface area contributed by atoms with Crippen molar-refractivity contribution in [3.8, 4) is 0 Å². The van der Waals surface area contributed by atoms with Crippen molar-refractivity contribution in [2.24, 2.45) is 0 Å². The fraction of sp³-hybridized carbons (Fsp3) is 0.636. The molecule has 1 aromatic rings. The molecule has 0 spiro atoms. The van der Waals surface area contributed by atoms with E-state index in [0.29, 0.717) is 6.04 Å². The number of thiophene rings is 1. The number of hydrogen-bond donors (Lipinski definition) is 1. The van der Waals surface area contributed by atoms with Crippen LogP contribution in [0.5, 0.6) is 0 Å². The van der Waals surface area contributed by atoms with Gasteiger partial charge in [0.2, 0.25) is 0 Å². The van der Waals surface area contributed by atoms with Crippen LogP contribution in [-0.2, 0) is 6.42 Å². The molecule has 2 rings (SSSR count). The van der Waals surface area contributed by atoms with Crippen LogP contribution in [0.1, 0.15) is 42.0 Å². The molecule has 14 heavy (non-hydrogen) atoms. The van der Waals surface area contributed by atoms with Gasteiger partial charge in [0.05, 0.1) is 0 Å². The van der Waals surface area contributed by atoms with E-state index in [1.165, 1.54) is 40.0 Å². The Balaban J connectivity index is 2.14. The van der Waals surface area contributed by atoms with Crippen LogP contribution in [0.4, 0.5) is 0 Å². The quantitative estimate of drug-likeness (QED) is 0.862. The van der Waals surface area contributed by atoms with Gasteiger partial charge in [-0.3, -0.25) is 0 Å². The zero-order valence-corrected chi connectivity index (χ0v) is 10.9. The third-order valence-corrected chi connectivity index (χ3v) is 5.11. The molecule has 1 aliphatic heterocycles. The Kier molecular flexibility index (Phi) is 3.63. The van der Waals surface area contributed by atoms with E-state index in [1.54, 1.807) is 0 Å². The normalized spacial score (nSPS) is 22.6. The van der Waals surface area contributed by atoms with Crippen molar-refractivity contribution in [1.29, 1.82) is 0 Å². The summed E-state index contributed by atoms with van der Waals surface area (Å²) in [6.45, 7) is 3.40. The van der Waals surface area contributed by atoms with E-state index in [4.69, 9.17) is 0 Å². The van der Waals surface area contributed by atoms with Crippen LogP contribution in [0.25, 0.3) is 0 Å². The SMILES string of the molecule is CCc1sc(C2CCCCN2)cc1Br. The molecule has 1 unspecified atom stereocenters. The molecular formula is C11H16BrNS. The van der Waals surface area contributed by atoms with Gasteiger partial charge in [0.25, 0.3) is 0 Å². The average Bonchev–Trinajstić information content (AvgIpc) is 2.61. The van der Waals surface area contributed by atoms with Crippen molar-refractivity contribution in [2.75, 3.05) is 6.54 Å². The molecular weight excluding hydrogens is 258 g/mol. The number of nitrogens with one attached hydrogen (secondary N) is 1. The monoisotopic (exact) mass is 273 g/mol. The zero-order valence-electron chi connectivity index (χ0n) is 8.48. The van der Waals surface area contributed by atoms with Gasteiger partial charge >= 0.3 is 0 Å². The summed E-state index contributed by atoms with van der Waals surface area (Å²) in [6, 6.07) is 2.91. The molecule has 0 aliphatic carbocycles. The van der Waals surface area contributed by atoms with Crippen LogP contribution in [-0.4, -0.2) is 6.54 Å². The van der Waals surface area contributed by atoms with Crippen molar-refractivity contribution >= 4 is 27.3 Å². The number of hydrogen-bond acceptors (Lipinski definition) is 2. The van der Waals surface area contributed by atoms with Crippen molar-refractivity contribution in [3.05, 3.63) is 20.3 Å². The summed E-state index contributed by atoms with van der Waals surface area (Å²) in [5.74, 6) is 0. The summed E-state index contributed by atoms with van der Waals surface area (Å²) in [5.41, 5.74) is 0. The fourth-order valence-corrected chi connectivity index (χ4v) is 3.96. The first-order valence-electron chi connectivity index (χ1n) is 5.32. The Morgan fingerprint density at radius 2 is 2.43 bits per heavy atom. The molecule has 1 aliphatic rings. The molecule has 1 N–H and O–H groups in total. The maximum absolute atomic E-state index is 3.63. The molecule has 1 saturated heterocycles. The lowest BCUT2D eigenvalue weighted by atomic mass is 10.0. The Labute approximate surface area is 98.0 Å². The number of rotatable bonds is 2. The van der Waals surface area contributed by atoms with Gasteiger partial charge in [-0.25, -0.2) is 0 Å². The Morgan fingerprint density at radius 3 is 3.00 bits per heavy atom. The van der Waals surface area contributed by atoms with Crippen molar-refractivity contribution < 1.29 is 0 Å². The third-order valence-electron chi connectivity index (χ3n) is 2.75. The smallest absolute Gasteiger partial charge is 0.0415 e. The number of piperidine rings is 1. The lowest BCUT2D eigenvalue weighted by molar-refractivity contribution is 0.417. The third kappa shape index (κ3) is 2.20. The summed E-state index contributed by atoms with van der Waals surface area (Å²) in [5, 5.41) is 3.59. The van der Waals surface area contributed by atoms with Gasteiger partial charge in [-0.15, -0.1) is 11.3 Å². The van der Waals surface area contributed by atoms with Gasteiger partial charge in [-0.2, -0.15) is 0 Å². The maximum atomic E-state index is 3.63. The van der Waals surface area contributed by atoms with Crippen molar-refractivity contribution in [3.63, 3.8) is 0 Å². The topological polar surface area (TPSA) is 12.0 Å². The predicted octanol–water partition coefficient (Wildman–Crippen LogP) is 3.89. The molecule has 0 aromatic carbocycles. The molecule has 1 aromatic heterocycles. The highest BCUT2D eigenvalue weighted by Gasteiger charge is 2.17. The van der Waals surface area contributed by atoms with E-state index in [-0.39, 0.29) is 0 Å². The first-order chi connectivity index (χ1) is 6.81. The average molecular weight is 274 g/mol. The standard InChI is InChI=1S/C11H16BrNS/c1-2-10-8(12)7-11(14-10)9-5-3-4-6-13-9/h7,9,13H,2-6H2,1H3. The number of halogens is 1. The van der Waals surface area contributed by atoms with Crippen LogP contribution in [0, 0.1) is 0 Å². The fourth-order valence-electron chi connectivity index (χ4n) is 1.93. The Morgan fingerprint density at radius 1 is 1.57 bits per heavy atom. The zero-order chi connectivity index (χ0) is 9.97. The van der Waals surface area contributed by atoms with Gasteiger partial charge in [-0.1, -0.05) is 13.3 Å². The van der Waals surface area contributed by atoms with E-state index in [1.807, 2.05) is 11.3 Å². The van der Waals surface area contributed by atoms with Crippen LogP contribution in [0.15, 0.2) is 10.5 Å². The van der Waals surface area contributed by atoms with Gasteiger partial charge in [0.1, 0.15) is 0 Å². The van der Waals surface area contributed by atoms with E-state index >= 15 is 0 Å². The van der Waals surface area contributed by atoms with Crippen molar-refractivity contribution in [2.45, 2.75) is 38.6 Å². The lowest BCUT2D eigenvalue weighted by Gasteiger charge is -2.22. The van der Waals surface area contributed by atoms with E-state index < -0.39 is 0 Å². The van der Waals surface area contributed by atoms with Gasteiger partial charge in [0, 0.05) is 20.3 Å². The number of aryl methyl sites for hydroxylation is 1. The maximum Gasteiger partial charge on any atom is 0.0415 e. The minimum absolute atomic E-state index is 0.616. The molecule has 0 radical (unpaired) electrons. The molecule has 0 bridgehead atoms. The van der Waals surface area contributed by atoms with Gasteiger partial charge in [0.15, 0.2) is 0 Å². The van der Waals surface area contributed by atoms with Gasteiger partial charge in [-0.05, 0) is 47.8 Å². The van der Waals surface area contributed by atoms with Crippen LogP contribution < -0.4 is 5.32 Å². The second-order valence-electron chi connectivity index (χ2n) is 3.78.